The summed E-state index contributed by atoms with van der Waals surface area (Å²) >= 11 is 0. The van der Waals surface area contributed by atoms with E-state index < -0.39 is 6.17 Å². The zero-order chi connectivity index (χ0) is 11.4. The average molecular weight is 222 g/mol. The highest BCUT2D eigenvalue weighted by Gasteiger charge is 2.24. The monoisotopic (exact) mass is 222 g/mol. The van der Waals surface area contributed by atoms with Crippen LogP contribution in [0.4, 0.5) is 4.39 Å². The fourth-order valence-electron chi connectivity index (χ4n) is 2.35. The summed E-state index contributed by atoms with van der Waals surface area (Å²) in [6, 6.07) is 10.5. The lowest BCUT2D eigenvalue weighted by Gasteiger charge is -2.35. The predicted molar refractivity (Wildman–Crippen MR) is 63.9 cm³/mol. The SMILES string of the molecule is NCC(c1ccccc1)N1CCC(F)CC1. The second-order valence-corrected chi connectivity index (χ2v) is 4.37. The zero-order valence-electron chi connectivity index (χ0n) is 9.48. The summed E-state index contributed by atoms with van der Waals surface area (Å²) in [7, 11) is 0. The maximum absolute atomic E-state index is 13.1. The molecule has 0 saturated carbocycles. The first-order valence-electron chi connectivity index (χ1n) is 5.94. The quantitative estimate of drug-likeness (QED) is 0.848. The molecule has 1 aromatic carbocycles. The van der Waals surface area contributed by atoms with Crippen molar-refractivity contribution in [3.8, 4) is 0 Å². The van der Waals surface area contributed by atoms with Gasteiger partial charge in [0.15, 0.2) is 0 Å². The number of benzene rings is 1. The molecule has 88 valence electrons. The van der Waals surface area contributed by atoms with Gasteiger partial charge in [-0.2, -0.15) is 0 Å². The Bertz CT molecular complexity index is 307. The second-order valence-electron chi connectivity index (χ2n) is 4.37. The highest BCUT2D eigenvalue weighted by Crippen LogP contribution is 2.24. The summed E-state index contributed by atoms with van der Waals surface area (Å²) in [6.45, 7) is 2.23. The van der Waals surface area contributed by atoms with Crippen LogP contribution in [0.15, 0.2) is 30.3 Å². The summed E-state index contributed by atoms with van der Waals surface area (Å²) in [4.78, 5) is 2.30. The number of hydrogen-bond acceptors (Lipinski definition) is 2. The van der Waals surface area contributed by atoms with Gasteiger partial charge >= 0.3 is 0 Å². The number of rotatable bonds is 3. The summed E-state index contributed by atoms with van der Waals surface area (Å²) in [5.74, 6) is 0. The molecule has 0 aromatic heterocycles. The van der Waals surface area contributed by atoms with E-state index in [9.17, 15) is 4.39 Å². The fraction of sp³-hybridized carbons (Fsp3) is 0.538. The first-order valence-corrected chi connectivity index (χ1v) is 5.94. The normalized spacial score (nSPS) is 20.9. The van der Waals surface area contributed by atoms with Crippen LogP contribution in [0, 0.1) is 0 Å². The number of alkyl halides is 1. The van der Waals surface area contributed by atoms with E-state index in [2.05, 4.69) is 17.0 Å². The zero-order valence-corrected chi connectivity index (χ0v) is 9.48. The molecule has 1 aromatic rings. The minimum atomic E-state index is -0.620. The van der Waals surface area contributed by atoms with Crippen LogP contribution in [-0.2, 0) is 0 Å². The van der Waals surface area contributed by atoms with Gasteiger partial charge < -0.3 is 5.73 Å². The molecule has 2 nitrogen and oxygen atoms in total. The molecule has 1 atom stereocenters. The molecule has 1 fully saturated rings. The average Bonchev–Trinajstić information content (AvgIpc) is 2.34. The van der Waals surface area contributed by atoms with Gasteiger partial charge in [0.2, 0.25) is 0 Å². The third-order valence-electron chi connectivity index (χ3n) is 3.31. The van der Waals surface area contributed by atoms with E-state index >= 15 is 0 Å². The highest BCUT2D eigenvalue weighted by atomic mass is 19.1. The van der Waals surface area contributed by atoms with Crippen LogP contribution in [0.3, 0.4) is 0 Å². The number of likely N-dealkylation sites (tertiary alicyclic amines) is 1. The Labute approximate surface area is 96.2 Å². The number of halogens is 1. The minimum Gasteiger partial charge on any atom is -0.329 e. The van der Waals surface area contributed by atoms with E-state index in [1.165, 1.54) is 5.56 Å². The van der Waals surface area contributed by atoms with Gasteiger partial charge in [-0.05, 0) is 18.4 Å². The molecule has 1 saturated heterocycles. The minimum absolute atomic E-state index is 0.244. The van der Waals surface area contributed by atoms with E-state index in [1.807, 2.05) is 18.2 Å². The van der Waals surface area contributed by atoms with E-state index in [1.54, 1.807) is 0 Å². The molecule has 0 bridgehead atoms. The number of nitrogens with zero attached hydrogens (tertiary/aromatic N) is 1. The molecule has 1 aliphatic rings. The van der Waals surface area contributed by atoms with Crippen LogP contribution in [0.5, 0.6) is 0 Å². The molecule has 0 radical (unpaired) electrons. The predicted octanol–water partition coefficient (Wildman–Crippen LogP) is 2.12. The Balaban J connectivity index is 2.05. The van der Waals surface area contributed by atoms with Gasteiger partial charge in [0.1, 0.15) is 6.17 Å². The van der Waals surface area contributed by atoms with Crippen molar-refractivity contribution >= 4 is 0 Å². The molecule has 16 heavy (non-hydrogen) atoms. The molecule has 0 amide bonds. The summed E-state index contributed by atoms with van der Waals surface area (Å²) < 4.78 is 13.1. The molecule has 2 rings (SSSR count). The molecule has 1 aliphatic heterocycles. The highest BCUT2D eigenvalue weighted by molar-refractivity contribution is 5.19. The van der Waals surface area contributed by atoms with Crippen molar-refractivity contribution in [2.24, 2.45) is 5.73 Å². The lowest BCUT2D eigenvalue weighted by Crippen LogP contribution is -2.40. The fourth-order valence-corrected chi connectivity index (χ4v) is 2.35. The smallest absolute Gasteiger partial charge is 0.103 e. The third-order valence-corrected chi connectivity index (χ3v) is 3.31. The van der Waals surface area contributed by atoms with Crippen LogP contribution in [0.25, 0.3) is 0 Å². The van der Waals surface area contributed by atoms with Crippen molar-refractivity contribution in [1.29, 1.82) is 0 Å². The van der Waals surface area contributed by atoms with E-state index in [4.69, 9.17) is 5.73 Å². The molecule has 2 N–H and O–H groups in total. The maximum Gasteiger partial charge on any atom is 0.103 e. The molecule has 1 unspecified atom stereocenters. The van der Waals surface area contributed by atoms with Crippen LogP contribution in [0.2, 0.25) is 0 Å². The standard InChI is InChI=1S/C13H19FN2/c14-12-6-8-16(9-7-12)13(10-15)11-4-2-1-3-5-11/h1-5,12-13H,6-10,15H2. The van der Waals surface area contributed by atoms with Crippen LogP contribution < -0.4 is 5.73 Å². The lowest BCUT2D eigenvalue weighted by atomic mass is 10.0. The van der Waals surface area contributed by atoms with Gasteiger partial charge in [0, 0.05) is 25.7 Å². The van der Waals surface area contributed by atoms with Gasteiger partial charge in [-0.1, -0.05) is 30.3 Å². The van der Waals surface area contributed by atoms with Gasteiger partial charge in [-0.3, -0.25) is 4.90 Å². The topological polar surface area (TPSA) is 29.3 Å². The first-order chi connectivity index (χ1) is 7.81. The van der Waals surface area contributed by atoms with Crippen molar-refractivity contribution in [3.05, 3.63) is 35.9 Å². The van der Waals surface area contributed by atoms with Gasteiger partial charge in [-0.25, -0.2) is 4.39 Å². The Morgan fingerprint density at radius 2 is 1.88 bits per heavy atom. The Hall–Kier alpha value is -0.930. The Kier molecular flexibility index (Phi) is 3.91. The summed E-state index contributed by atoms with van der Waals surface area (Å²) in [6.07, 6.45) is 0.664. The van der Waals surface area contributed by atoms with Crippen LogP contribution in [-0.4, -0.2) is 30.7 Å². The van der Waals surface area contributed by atoms with E-state index in [0.29, 0.717) is 19.4 Å². The summed E-state index contributed by atoms with van der Waals surface area (Å²) in [5.41, 5.74) is 7.07. The van der Waals surface area contributed by atoms with Gasteiger partial charge in [0.05, 0.1) is 0 Å². The van der Waals surface area contributed by atoms with Gasteiger partial charge in [0.25, 0.3) is 0 Å². The molecule has 0 aliphatic carbocycles. The van der Waals surface area contributed by atoms with Crippen molar-refractivity contribution in [3.63, 3.8) is 0 Å². The molecular formula is C13H19FN2. The van der Waals surface area contributed by atoms with Crippen molar-refractivity contribution in [2.45, 2.75) is 25.1 Å². The first kappa shape index (κ1) is 11.6. The number of hydrogen-bond donors (Lipinski definition) is 1. The van der Waals surface area contributed by atoms with Crippen molar-refractivity contribution in [1.82, 2.24) is 4.90 Å². The molecule has 0 spiro atoms. The Morgan fingerprint density at radius 3 is 2.44 bits per heavy atom. The lowest BCUT2D eigenvalue weighted by molar-refractivity contribution is 0.114. The van der Waals surface area contributed by atoms with Crippen molar-refractivity contribution < 1.29 is 4.39 Å². The number of nitrogens with two attached hydrogens (primary N) is 1. The van der Waals surface area contributed by atoms with E-state index in [0.717, 1.165) is 13.1 Å². The second kappa shape index (κ2) is 5.41. The maximum atomic E-state index is 13.1. The molecule has 3 heteroatoms. The Morgan fingerprint density at radius 1 is 1.25 bits per heavy atom. The van der Waals surface area contributed by atoms with Gasteiger partial charge in [-0.15, -0.1) is 0 Å². The molecule has 1 heterocycles. The molecular weight excluding hydrogens is 203 g/mol. The number of piperidine rings is 1. The van der Waals surface area contributed by atoms with Crippen molar-refractivity contribution in [2.75, 3.05) is 19.6 Å². The van der Waals surface area contributed by atoms with Crippen LogP contribution in [0.1, 0.15) is 24.4 Å². The van der Waals surface area contributed by atoms with Crippen LogP contribution >= 0.6 is 0 Å². The largest absolute Gasteiger partial charge is 0.329 e. The van der Waals surface area contributed by atoms with E-state index in [-0.39, 0.29) is 6.04 Å². The third kappa shape index (κ3) is 2.60. The summed E-state index contributed by atoms with van der Waals surface area (Å²) in [5, 5.41) is 0.